The van der Waals surface area contributed by atoms with E-state index in [4.69, 9.17) is 4.74 Å². The minimum absolute atomic E-state index is 0.252. The summed E-state index contributed by atoms with van der Waals surface area (Å²) in [6, 6.07) is 11.1. The van der Waals surface area contributed by atoms with E-state index in [9.17, 15) is 0 Å². The van der Waals surface area contributed by atoms with Gasteiger partial charge in [-0.2, -0.15) is 0 Å². The molecule has 0 radical (unpaired) electrons. The van der Waals surface area contributed by atoms with Crippen LogP contribution >= 0.6 is 0 Å². The van der Waals surface area contributed by atoms with E-state index in [1.54, 1.807) is 0 Å². The lowest BCUT2D eigenvalue weighted by molar-refractivity contribution is -0.0401. The van der Waals surface area contributed by atoms with Crippen molar-refractivity contribution in [1.82, 2.24) is 4.90 Å². The van der Waals surface area contributed by atoms with E-state index in [1.165, 1.54) is 5.56 Å². The molecule has 2 rings (SSSR count). The lowest BCUT2D eigenvalue weighted by atomic mass is 10.1. The van der Waals surface area contributed by atoms with Gasteiger partial charge in [-0.1, -0.05) is 30.3 Å². The molecule has 0 spiro atoms. The summed E-state index contributed by atoms with van der Waals surface area (Å²) in [4.78, 5) is 2.47. The normalized spacial score (nSPS) is 23.3. The van der Waals surface area contributed by atoms with Gasteiger partial charge in [-0.15, -0.1) is 0 Å². The smallest absolute Gasteiger partial charge is 0.0952 e. The molecule has 1 unspecified atom stereocenters. The maximum absolute atomic E-state index is 5.80. The van der Waals surface area contributed by atoms with Crippen LogP contribution in [0.5, 0.6) is 0 Å². The highest BCUT2D eigenvalue weighted by molar-refractivity contribution is 5.18. The van der Waals surface area contributed by atoms with Gasteiger partial charge in [0.2, 0.25) is 0 Å². The zero-order valence-electron chi connectivity index (χ0n) is 9.52. The molecule has 1 aromatic rings. The number of nitrogens with zero attached hydrogens (tertiary/aromatic N) is 1. The molecule has 0 N–H and O–H groups in total. The van der Waals surface area contributed by atoms with Gasteiger partial charge in [0.25, 0.3) is 0 Å². The van der Waals surface area contributed by atoms with Crippen LogP contribution in [-0.2, 0) is 4.74 Å². The molecule has 82 valence electrons. The Labute approximate surface area is 91.9 Å². The first-order valence-corrected chi connectivity index (χ1v) is 5.68. The highest BCUT2D eigenvalue weighted by atomic mass is 16.5. The fourth-order valence-corrected chi connectivity index (χ4v) is 2.01. The van der Waals surface area contributed by atoms with E-state index in [2.05, 4.69) is 43.0 Å². The van der Waals surface area contributed by atoms with Crippen molar-refractivity contribution in [2.24, 2.45) is 0 Å². The standard InChI is InChI=1S/C13H19NO/c1-11(2)14-8-9-15-13(10-14)12-6-4-3-5-7-12/h3-7,11,13H,8-10H2,1-2H3. The average molecular weight is 205 g/mol. The maximum Gasteiger partial charge on any atom is 0.0952 e. The van der Waals surface area contributed by atoms with Gasteiger partial charge in [0.15, 0.2) is 0 Å². The summed E-state index contributed by atoms with van der Waals surface area (Å²) in [5.41, 5.74) is 1.29. The highest BCUT2D eigenvalue weighted by Gasteiger charge is 2.22. The molecule has 0 saturated carbocycles. The Hall–Kier alpha value is -0.860. The van der Waals surface area contributed by atoms with E-state index in [0.29, 0.717) is 6.04 Å². The van der Waals surface area contributed by atoms with Crippen molar-refractivity contribution in [3.8, 4) is 0 Å². The number of ether oxygens (including phenoxy) is 1. The number of morpholine rings is 1. The van der Waals surface area contributed by atoms with Gasteiger partial charge in [-0.05, 0) is 19.4 Å². The number of benzene rings is 1. The Bertz CT molecular complexity index is 297. The molecule has 1 fully saturated rings. The monoisotopic (exact) mass is 205 g/mol. The SMILES string of the molecule is CC(C)N1CCOC(c2ccccc2)C1. The molecule has 2 nitrogen and oxygen atoms in total. The fraction of sp³-hybridized carbons (Fsp3) is 0.538. The molecule has 0 aliphatic carbocycles. The van der Waals surface area contributed by atoms with Crippen molar-refractivity contribution >= 4 is 0 Å². The molecular weight excluding hydrogens is 186 g/mol. The van der Waals surface area contributed by atoms with Crippen LogP contribution in [0, 0.1) is 0 Å². The minimum atomic E-state index is 0.252. The quantitative estimate of drug-likeness (QED) is 0.735. The maximum atomic E-state index is 5.80. The van der Waals surface area contributed by atoms with Gasteiger partial charge in [0.05, 0.1) is 12.7 Å². The van der Waals surface area contributed by atoms with Crippen molar-refractivity contribution < 1.29 is 4.74 Å². The van der Waals surface area contributed by atoms with E-state index in [0.717, 1.165) is 19.7 Å². The van der Waals surface area contributed by atoms with Crippen LogP contribution in [0.2, 0.25) is 0 Å². The molecule has 1 saturated heterocycles. The van der Waals surface area contributed by atoms with Gasteiger partial charge in [0, 0.05) is 19.1 Å². The van der Waals surface area contributed by atoms with Crippen molar-refractivity contribution in [1.29, 1.82) is 0 Å². The predicted octanol–water partition coefficient (Wildman–Crippen LogP) is 2.47. The van der Waals surface area contributed by atoms with Crippen LogP contribution in [0.4, 0.5) is 0 Å². The first kappa shape index (κ1) is 10.7. The first-order valence-electron chi connectivity index (χ1n) is 5.68. The van der Waals surface area contributed by atoms with Crippen LogP contribution in [-0.4, -0.2) is 30.6 Å². The topological polar surface area (TPSA) is 12.5 Å². The number of rotatable bonds is 2. The minimum Gasteiger partial charge on any atom is -0.371 e. The van der Waals surface area contributed by atoms with Gasteiger partial charge in [0.1, 0.15) is 0 Å². The third kappa shape index (κ3) is 2.58. The lowest BCUT2D eigenvalue weighted by Crippen LogP contribution is -2.42. The third-order valence-corrected chi connectivity index (χ3v) is 3.00. The molecule has 0 amide bonds. The van der Waals surface area contributed by atoms with Gasteiger partial charge in [-0.3, -0.25) is 4.90 Å². The second-order valence-corrected chi connectivity index (χ2v) is 4.36. The molecule has 1 aliphatic heterocycles. The zero-order chi connectivity index (χ0) is 10.7. The number of hydrogen-bond acceptors (Lipinski definition) is 2. The highest BCUT2D eigenvalue weighted by Crippen LogP contribution is 2.22. The fourth-order valence-electron chi connectivity index (χ4n) is 2.01. The summed E-state index contributed by atoms with van der Waals surface area (Å²) in [5, 5.41) is 0. The molecule has 1 aromatic carbocycles. The lowest BCUT2D eigenvalue weighted by Gasteiger charge is -2.35. The van der Waals surface area contributed by atoms with Crippen LogP contribution < -0.4 is 0 Å². The van der Waals surface area contributed by atoms with E-state index < -0.39 is 0 Å². The number of hydrogen-bond donors (Lipinski definition) is 0. The van der Waals surface area contributed by atoms with Gasteiger partial charge < -0.3 is 4.74 Å². The van der Waals surface area contributed by atoms with Crippen LogP contribution in [0.1, 0.15) is 25.5 Å². The van der Waals surface area contributed by atoms with Crippen LogP contribution in [0.25, 0.3) is 0 Å². The van der Waals surface area contributed by atoms with Crippen LogP contribution in [0.15, 0.2) is 30.3 Å². The Morgan fingerprint density at radius 2 is 2.00 bits per heavy atom. The predicted molar refractivity (Wildman–Crippen MR) is 61.8 cm³/mol. The zero-order valence-corrected chi connectivity index (χ0v) is 9.52. The second-order valence-electron chi connectivity index (χ2n) is 4.36. The summed E-state index contributed by atoms with van der Waals surface area (Å²) >= 11 is 0. The third-order valence-electron chi connectivity index (χ3n) is 3.00. The molecular formula is C13H19NO. The Kier molecular flexibility index (Phi) is 3.39. The molecule has 1 atom stereocenters. The van der Waals surface area contributed by atoms with Crippen molar-refractivity contribution in [2.75, 3.05) is 19.7 Å². The largest absolute Gasteiger partial charge is 0.371 e. The van der Waals surface area contributed by atoms with Crippen molar-refractivity contribution in [2.45, 2.75) is 26.0 Å². The molecule has 1 heterocycles. The molecule has 15 heavy (non-hydrogen) atoms. The van der Waals surface area contributed by atoms with Gasteiger partial charge in [-0.25, -0.2) is 0 Å². The summed E-state index contributed by atoms with van der Waals surface area (Å²) in [7, 11) is 0. The summed E-state index contributed by atoms with van der Waals surface area (Å²) in [6.45, 7) is 7.40. The van der Waals surface area contributed by atoms with E-state index >= 15 is 0 Å². The average Bonchev–Trinajstić information content (AvgIpc) is 2.30. The summed E-state index contributed by atoms with van der Waals surface area (Å²) in [6.07, 6.45) is 0.252. The van der Waals surface area contributed by atoms with Crippen LogP contribution in [0.3, 0.4) is 0 Å². The summed E-state index contributed by atoms with van der Waals surface area (Å²) < 4.78 is 5.80. The molecule has 0 aromatic heterocycles. The molecule has 1 aliphatic rings. The molecule has 0 bridgehead atoms. The first-order chi connectivity index (χ1) is 7.27. The molecule has 2 heteroatoms. The van der Waals surface area contributed by atoms with E-state index in [1.807, 2.05) is 6.07 Å². The van der Waals surface area contributed by atoms with Crippen molar-refractivity contribution in [3.63, 3.8) is 0 Å². The summed E-state index contributed by atoms with van der Waals surface area (Å²) in [5.74, 6) is 0. The Morgan fingerprint density at radius 3 is 2.67 bits per heavy atom. The van der Waals surface area contributed by atoms with Crippen molar-refractivity contribution in [3.05, 3.63) is 35.9 Å². The van der Waals surface area contributed by atoms with E-state index in [-0.39, 0.29) is 6.10 Å². The Balaban J connectivity index is 2.05. The second kappa shape index (κ2) is 4.77. The van der Waals surface area contributed by atoms with Gasteiger partial charge >= 0.3 is 0 Å². The Morgan fingerprint density at radius 1 is 1.27 bits per heavy atom.